The molecule has 2 aliphatic carbocycles. The van der Waals surface area contributed by atoms with E-state index in [-0.39, 0.29) is 57.9 Å². The molecule has 1 aromatic carbocycles. The number of benzene rings is 1. The number of amides is 6. The lowest BCUT2D eigenvalue weighted by molar-refractivity contribution is -0.139. The highest BCUT2D eigenvalue weighted by molar-refractivity contribution is 7.90. The van der Waals surface area contributed by atoms with Crippen LogP contribution in [-0.4, -0.2) is 108 Å². The van der Waals surface area contributed by atoms with E-state index >= 15 is 0 Å². The van der Waals surface area contributed by atoms with Crippen molar-refractivity contribution in [3.63, 3.8) is 0 Å². The number of ether oxygens (including phenoxy) is 2. The van der Waals surface area contributed by atoms with Gasteiger partial charge in [0, 0.05) is 37.5 Å². The number of fused-ring (bicyclic) bond motifs is 1. The molecule has 5 rings (SSSR count). The number of hydrogen-bond acceptors (Lipinski definition) is 10. The second-order valence-corrected chi connectivity index (χ2v) is 17.3. The molecule has 16 nitrogen and oxygen atoms in total. The van der Waals surface area contributed by atoms with Gasteiger partial charge in [0.2, 0.25) is 33.7 Å². The standard InChI is InChI=1S/C37H49FN6O10S/c1-5-31(45)42(15-7-10-22-17-26(22)33(47)41-55(51,52)25-13-14-25)16-8-12-29(40-35(49)54-37(2,3)4)34(48)44-20-24(18-30(44)32(39)46)53-36(50)43-19-23-9-6-11-28(38)27(23)21-43/h5-7,9-11,22,24-26,29-30H,1,8,12-21H2,2-4H3,(H2,39,46)(H,40,49)(H,41,47)/b10-7-/t22-,24?,26+,29+,30?/m1/s1. The molecule has 2 saturated carbocycles. The number of likely N-dealkylation sites (tertiary alicyclic amines) is 1. The van der Waals surface area contributed by atoms with Gasteiger partial charge in [-0.25, -0.2) is 22.4 Å². The fourth-order valence-corrected chi connectivity index (χ4v) is 8.06. The maximum atomic E-state index is 14.3. The van der Waals surface area contributed by atoms with E-state index in [2.05, 4.69) is 16.6 Å². The van der Waals surface area contributed by atoms with Crippen LogP contribution in [0.3, 0.4) is 0 Å². The number of carbonyl (C=O) groups is 6. The van der Waals surface area contributed by atoms with Crippen LogP contribution in [0, 0.1) is 17.7 Å². The van der Waals surface area contributed by atoms with Gasteiger partial charge in [0.15, 0.2) is 0 Å². The van der Waals surface area contributed by atoms with Crippen molar-refractivity contribution in [1.29, 1.82) is 0 Å². The zero-order valence-corrected chi connectivity index (χ0v) is 32.0. The van der Waals surface area contributed by atoms with E-state index in [1.54, 1.807) is 45.1 Å². The number of nitrogens with zero attached hydrogens (tertiary/aromatic N) is 3. The second kappa shape index (κ2) is 16.8. The van der Waals surface area contributed by atoms with E-state index < -0.39 is 86.6 Å². The molecule has 55 heavy (non-hydrogen) atoms. The third-order valence-electron chi connectivity index (χ3n) is 9.81. The Morgan fingerprint density at radius 1 is 1.13 bits per heavy atom. The van der Waals surface area contributed by atoms with E-state index in [4.69, 9.17) is 15.2 Å². The molecule has 1 aromatic rings. The summed E-state index contributed by atoms with van der Waals surface area (Å²) in [5, 5.41) is 2.07. The molecule has 0 aromatic heterocycles. The van der Waals surface area contributed by atoms with Crippen molar-refractivity contribution < 1.29 is 51.0 Å². The first kappa shape index (κ1) is 41.2. The van der Waals surface area contributed by atoms with Crippen molar-refractivity contribution >= 4 is 45.8 Å². The van der Waals surface area contributed by atoms with Crippen molar-refractivity contribution in [2.45, 2.75) is 101 Å². The van der Waals surface area contributed by atoms with Crippen molar-refractivity contribution in [2.24, 2.45) is 17.6 Å². The molecule has 4 N–H and O–H groups in total. The molecule has 2 unspecified atom stereocenters. The van der Waals surface area contributed by atoms with Crippen LogP contribution < -0.4 is 15.8 Å². The van der Waals surface area contributed by atoms with Gasteiger partial charge in [0.25, 0.3) is 0 Å². The quantitative estimate of drug-likeness (QED) is 0.174. The molecule has 2 heterocycles. The molecule has 18 heteroatoms. The Hall–Kier alpha value is -5.00. The first-order chi connectivity index (χ1) is 25.9. The predicted molar refractivity (Wildman–Crippen MR) is 195 cm³/mol. The molecule has 0 radical (unpaired) electrons. The Labute approximate surface area is 319 Å². The minimum Gasteiger partial charge on any atom is -0.444 e. The first-order valence-corrected chi connectivity index (χ1v) is 19.9. The van der Waals surface area contributed by atoms with E-state index in [0.29, 0.717) is 30.4 Å². The second-order valence-electron chi connectivity index (χ2n) is 15.4. The van der Waals surface area contributed by atoms with Crippen molar-refractivity contribution in [1.82, 2.24) is 24.7 Å². The van der Waals surface area contributed by atoms with Gasteiger partial charge in [-0.15, -0.1) is 0 Å². The Kier molecular flexibility index (Phi) is 12.6. The summed E-state index contributed by atoms with van der Waals surface area (Å²) < 4.78 is 51.7. The maximum Gasteiger partial charge on any atom is 0.410 e. The molecule has 3 fully saturated rings. The summed E-state index contributed by atoms with van der Waals surface area (Å²) >= 11 is 0. The number of sulfonamides is 1. The minimum atomic E-state index is -3.64. The fourth-order valence-electron chi connectivity index (χ4n) is 6.71. The summed E-state index contributed by atoms with van der Waals surface area (Å²) in [5.41, 5.74) is 5.82. The number of allylic oxidation sites excluding steroid dienone is 1. The highest BCUT2D eigenvalue weighted by Crippen LogP contribution is 2.40. The Morgan fingerprint density at radius 2 is 1.85 bits per heavy atom. The molecular weight excluding hydrogens is 740 g/mol. The number of nitrogens with two attached hydrogens (primary N) is 1. The van der Waals surface area contributed by atoms with Crippen LogP contribution in [0.25, 0.3) is 0 Å². The van der Waals surface area contributed by atoms with E-state index in [9.17, 15) is 41.6 Å². The van der Waals surface area contributed by atoms with Gasteiger partial charge in [-0.2, -0.15) is 0 Å². The number of halogens is 1. The number of rotatable bonds is 15. The van der Waals surface area contributed by atoms with Gasteiger partial charge in [-0.1, -0.05) is 30.9 Å². The van der Waals surface area contributed by atoms with Gasteiger partial charge in [-0.05, 0) is 76.5 Å². The summed E-state index contributed by atoms with van der Waals surface area (Å²) in [5.74, 6) is -3.54. The van der Waals surface area contributed by atoms with Crippen LogP contribution >= 0.6 is 0 Å². The van der Waals surface area contributed by atoms with Gasteiger partial charge in [0.05, 0.1) is 18.3 Å². The van der Waals surface area contributed by atoms with Crippen LogP contribution in [0.15, 0.2) is 43.0 Å². The smallest absolute Gasteiger partial charge is 0.410 e. The lowest BCUT2D eigenvalue weighted by Crippen LogP contribution is -2.53. The molecule has 0 bridgehead atoms. The lowest BCUT2D eigenvalue weighted by atomic mass is 10.1. The summed E-state index contributed by atoms with van der Waals surface area (Å²) in [6.45, 7) is 8.71. The normalized spacial score (nSPS) is 22.4. The Balaban J connectivity index is 1.19. The van der Waals surface area contributed by atoms with Crippen LogP contribution in [0.2, 0.25) is 0 Å². The highest BCUT2D eigenvalue weighted by atomic mass is 32.2. The van der Waals surface area contributed by atoms with Gasteiger partial charge >= 0.3 is 12.2 Å². The predicted octanol–water partition coefficient (Wildman–Crippen LogP) is 2.22. The molecule has 300 valence electrons. The summed E-state index contributed by atoms with van der Waals surface area (Å²) in [6.07, 6.45) is 3.72. The first-order valence-electron chi connectivity index (χ1n) is 18.3. The van der Waals surface area contributed by atoms with Gasteiger partial charge in [-0.3, -0.25) is 28.8 Å². The lowest BCUT2D eigenvalue weighted by Gasteiger charge is -2.29. The van der Waals surface area contributed by atoms with Crippen molar-refractivity contribution in [2.75, 3.05) is 19.6 Å². The van der Waals surface area contributed by atoms with E-state index in [1.165, 1.54) is 15.9 Å². The number of hydrogen-bond donors (Lipinski definition) is 3. The average Bonchev–Trinajstić information content (AvgIpc) is 4.02. The molecule has 1 saturated heterocycles. The monoisotopic (exact) mass is 788 g/mol. The Bertz CT molecular complexity index is 1840. The van der Waals surface area contributed by atoms with Crippen LogP contribution in [0.4, 0.5) is 14.0 Å². The average molecular weight is 789 g/mol. The minimum absolute atomic E-state index is 0.00350. The van der Waals surface area contributed by atoms with Crippen molar-refractivity contribution in [3.8, 4) is 0 Å². The third-order valence-corrected chi connectivity index (χ3v) is 11.6. The Morgan fingerprint density at radius 3 is 2.49 bits per heavy atom. The third kappa shape index (κ3) is 10.8. The van der Waals surface area contributed by atoms with Crippen LogP contribution in [0.5, 0.6) is 0 Å². The van der Waals surface area contributed by atoms with Gasteiger partial charge in [0.1, 0.15) is 29.6 Å². The van der Waals surface area contributed by atoms with E-state index in [1.807, 2.05) is 0 Å². The number of primary amides is 1. The topological polar surface area (TPSA) is 215 Å². The number of nitrogens with one attached hydrogen (secondary N) is 2. The zero-order chi connectivity index (χ0) is 40.2. The molecule has 2 aliphatic heterocycles. The molecule has 6 amide bonds. The zero-order valence-electron chi connectivity index (χ0n) is 31.2. The summed E-state index contributed by atoms with van der Waals surface area (Å²) in [6, 6.07) is 2.19. The molecule has 4 aliphatic rings. The SMILES string of the molecule is C=CC(=O)N(C/C=C\[C@@H]1C[C@@H]1C(=O)NS(=O)(=O)C1CC1)CCC[C@H](NC(=O)OC(C)(C)C)C(=O)N1CC(OC(=O)N2Cc3cccc(F)c3C2)CC1C(N)=O. The largest absolute Gasteiger partial charge is 0.444 e. The van der Waals surface area contributed by atoms with Gasteiger partial charge < -0.3 is 30.3 Å². The molecule has 0 spiro atoms. The molecular formula is C37H49FN6O10S. The van der Waals surface area contributed by atoms with Crippen molar-refractivity contribution in [3.05, 3.63) is 60.0 Å². The van der Waals surface area contributed by atoms with Crippen LogP contribution in [0.1, 0.15) is 70.4 Å². The highest BCUT2D eigenvalue weighted by Gasteiger charge is 2.46. The molecule has 5 atom stereocenters. The summed E-state index contributed by atoms with van der Waals surface area (Å²) in [4.78, 5) is 81.6. The number of alkyl carbamates (subject to hydrolysis) is 1. The maximum absolute atomic E-state index is 14.3. The van der Waals surface area contributed by atoms with Crippen LogP contribution in [-0.2, 0) is 51.8 Å². The number of carbonyl (C=O) groups excluding carboxylic acids is 6. The van der Waals surface area contributed by atoms with E-state index in [0.717, 1.165) is 11.0 Å². The fraction of sp³-hybridized carbons (Fsp3) is 0.568. The summed E-state index contributed by atoms with van der Waals surface area (Å²) in [7, 11) is -3.64.